The molecule has 6 nitrogen and oxygen atoms in total. The van der Waals surface area contributed by atoms with E-state index in [1.54, 1.807) is 0 Å². The standard InChI is InChI=1S/C18H20F2N4O2S/c19-15-8-13(9-16(20)11-15)12-27(25,26)24-6-4-23(5-7-24)18-10-14-2-1-3-17(14)21-22-18/h8-11H,1-7,12H2. The summed E-state index contributed by atoms with van der Waals surface area (Å²) in [6.45, 7) is 1.62. The maximum atomic E-state index is 13.3. The van der Waals surface area contributed by atoms with Crippen LogP contribution in [0.5, 0.6) is 0 Å². The smallest absolute Gasteiger partial charge is 0.218 e. The van der Waals surface area contributed by atoms with Crippen molar-refractivity contribution in [2.45, 2.75) is 25.0 Å². The minimum atomic E-state index is -3.65. The summed E-state index contributed by atoms with van der Waals surface area (Å²) in [7, 11) is -3.65. The van der Waals surface area contributed by atoms with Crippen molar-refractivity contribution < 1.29 is 17.2 Å². The van der Waals surface area contributed by atoms with Gasteiger partial charge in [-0.05, 0) is 48.6 Å². The minimum Gasteiger partial charge on any atom is -0.352 e. The van der Waals surface area contributed by atoms with Gasteiger partial charge in [0, 0.05) is 32.2 Å². The highest BCUT2D eigenvalue weighted by atomic mass is 32.2. The van der Waals surface area contributed by atoms with Gasteiger partial charge in [0.25, 0.3) is 0 Å². The molecule has 4 rings (SSSR count). The molecule has 2 aromatic rings. The minimum absolute atomic E-state index is 0.111. The Morgan fingerprint density at radius 2 is 1.63 bits per heavy atom. The summed E-state index contributed by atoms with van der Waals surface area (Å²) in [6.07, 6.45) is 3.08. The average molecular weight is 394 g/mol. The van der Waals surface area contributed by atoms with E-state index in [2.05, 4.69) is 16.3 Å². The van der Waals surface area contributed by atoms with E-state index >= 15 is 0 Å². The fourth-order valence-electron chi connectivity index (χ4n) is 3.66. The van der Waals surface area contributed by atoms with E-state index in [0.29, 0.717) is 26.2 Å². The zero-order chi connectivity index (χ0) is 19.0. The van der Waals surface area contributed by atoms with Crippen LogP contribution >= 0.6 is 0 Å². The van der Waals surface area contributed by atoms with Gasteiger partial charge in [0.1, 0.15) is 11.6 Å². The normalized spacial score (nSPS) is 17.9. The van der Waals surface area contributed by atoms with Gasteiger partial charge >= 0.3 is 0 Å². The van der Waals surface area contributed by atoms with Gasteiger partial charge in [-0.1, -0.05) is 0 Å². The van der Waals surface area contributed by atoms with Crippen molar-refractivity contribution in [2.75, 3.05) is 31.1 Å². The summed E-state index contributed by atoms with van der Waals surface area (Å²) in [5.41, 5.74) is 2.39. The Morgan fingerprint density at radius 3 is 2.33 bits per heavy atom. The van der Waals surface area contributed by atoms with Crippen LogP contribution in [0.1, 0.15) is 23.2 Å². The number of piperazine rings is 1. The van der Waals surface area contributed by atoms with Crippen molar-refractivity contribution >= 4 is 15.8 Å². The first-order chi connectivity index (χ1) is 12.9. The molecular weight excluding hydrogens is 374 g/mol. The molecule has 1 fully saturated rings. The Labute approximate surface area is 156 Å². The Kier molecular flexibility index (Phi) is 4.81. The SMILES string of the molecule is O=S(=O)(Cc1cc(F)cc(F)c1)N1CCN(c2cc3c(nn2)CCC3)CC1. The summed E-state index contributed by atoms with van der Waals surface area (Å²) in [5, 5.41) is 8.55. The number of halogens is 2. The molecular formula is C18H20F2N4O2S. The Morgan fingerprint density at radius 1 is 0.926 bits per heavy atom. The lowest BCUT2D eigenvalue weighted by atomic mass is 10.2. The molecule has 2 aliphatic rings. The second kappa shape index (κ2) is 7.12. The molecule has 1 saturated heterocycles. The second-order valence-electron chi connectivity index (χ2n) is 6.95. The van der Waals surface area contributed by atoms with Gasteiger partial charge in [0.15, 0.2) is 5.82 Å². The largest absolute Gasteiger partial charge is 0.352 e. The lowest BCUT2D eigenvalue weighted by Crippen LogP contribution is -2.49. The van der Waals surface area contributed by atoms with Crippen LogP contribution in [0.15, 0.2) is 24.3 Å². The van der Waals surface area contributed by atoms with Gasteiger partial charge in [-0.3, -0.25) is 0 Å². The van der Waals surface area contributed by atoms with Gasteiger partial charge in [-0.15, -0.1) is 5.10 Å². The fraction of sp³-hybridized carbons (Fsp3) is 0.444. The highest BCUT2D eigenvalue weighted by Gasteiger charge is 2.28. The average Bonchev–Trinajstić information content (AvgIpc) is 3.08. The maximum Gasteiger partial charge on any atom is 0.218 e. The summed E-state index contributed by atoms with van der Waals surface area (Å²) in [5.74, 6) is -1.19. The zero-order valence-corrected chi connectivity index (χ0v) is 15.6. The number of anilines is 1. The van der Waals surface area contributed by atoms with Crippen LogP contribution < -0.4 is 4.90 Å². The van der Waals surface area contributed by atoms with Crippen LogP contribution in [0.25, 0.3) is 0 Å². The number of hydrogen-bond acceptors (Lipinski definition) is 5. The molecule has 0 bridgehead atoms. The summed E-state index contributed by atoms with van der Waals surface area (Å²) in [4.78, 5) is 2.03. The predicted octanol–water partition coefficient (Wildman–Crippen LogP) is 1.90. The van der Waals surface area contributed by atoms with E-state index in [0.717, 1.165) is 49.0 Å². The van der Waals surface area contributed by atoms with E-state index in [-0.39, 0.29) is 5.56 Å². The van der Waals surface area contributed by atoms with Crippen molar-refractivity contribution in [3.05, 3.63) is 52.7 Å². The topological polar surface area (TPSA) is 66.4 Å². The van der Waals surface area contributed by atoms with Crippen molar-refractivity contribution in [1.29, 1.82) is 0 Å². The third-order valence-electron chi connectivity index (χ3n) is 5.03. The molecule has 0 radical (unpaired) electrons. The van der Waals surface area contributed by atoms with Gasteiger partial charge in [0.05, 0.1) is 11.4 Å². The molecule has 1 aromatic carbocycles. The van der Waals surface area contributed by atoms with Gasteiger partial charge in [-0.25, -0.2) is 17.2 Å². The molecule has 0 N–H and O–H groups in total. The molecule has 9 heteroatoms. The van der Waals surface area contributed by atoms with Crippen molar-refractivity contribution in [1.82, 2.24) is 14.5 Å². The number of hydrogen-bond donors (Lipinski definition) is 0. The first-order valence-electron chi connectivity index (χ1n) is 8.94. The summed E-state index contributed by atoms with van der Waals surface area (Å²) in [6, 6.07) is 4.88. The van der Waals surface area contributed by atoms with E-state index in [9.17, 15) is 17.2 Å². The lowest BCUT2D eigenvalue weighted by molar-refractivity contribution is 0.383. The van der Waals surface area contributed by atoms with Crippen LogP contribution in [0.2, 0.25) is 0 Å². The van der Waals surface area contributed by atoms with Crippen molar-refractivity contribution in [2.24, 2.45) is 0 Å². The summed E-state index contributed by atoms with van der Waals surface area (Å²) < 4.78 is 53.2. The molecule has 1 aromatic heterocycles. The van der Waals surface area contributed by atoms with Crippen LogP contribution in [-0.4, -0.2) is 49.1 Å². The van der Waals surface area contributed by atoms with Crippen LogP contribution in [-0.2, 0) is 28.6 Å². The maximum absolute atomic E-state index is 13.3. The first kappa shape index (κ1) is 18.2. The predicted molar refractivity (Wildman–Crippen MR) is 96.8 cm³/mol. The van der Waals surface area contributed by atoms with Crippen LogP contribution in [0, 0.1) is 11.6 Å². The van der Waals surface area contributed by atoms with Gasteiger partial charge in [0.2, 0.25) is 10.0 Å². The first-order valence-corrected chi connectivity index (χ1v) is 10.5. The second-order valence-corrected chi connectivity index (χ2v) is 8.92. The van der Waals surface area contributed by atoms with E-state index in [1.807, 2.05) is 4.90 Å². The van der Waals surface area contributed by atoms with E-state index in [1.165, 1.54) is 9.87 Å². The fourth-order valence-corrected chi connectivity index (χ4v) is 5.15. The molecule has 2 heterocycles. The van der Waals surface area contributed by atoms with E-state index < -0.39 is 27.4 Å². The number of aryl methyl sites for hydroxylation is 2. The van der Waals surface area contributed by atoms with Gasteiger partial charge < -0.3 is 4.90 Å². The molecule has 1 aliphatic heterocycles. The molecule has 144 valence electrons. The number of nitrogens with zero attached hydrogens (tertiary/aromatic N) is 4. The van der Waals surface area contributed by atoms with Crippen molar-refractivity contribution in [3.63, 3.8) is 0 Å². The van der Waals surface area contributed by atoms with E-state index in [4.69, 9.17) is 0 Å². The summed E-state index contributed by atoms with van der Waals surface area (Å²) >= 11 is 0. The number of aromatic nitrogens is 2. The highest BCUT2D eigenvalue weighted by molar-refractivity contribution is 7.88. The molecule has 0 spiro atoms. The molecule has 0 amide bonds. The van der Waals surface area contributed by atoms with Crippen LogP contribution in [0.3, 0.4) is 0 Å². The molecule has 0 unspecified atom stereocenters. The number of fused-ring (bicyclic) bond motifs is 1. The monoisotopic (exact) mass is 394 g/mol. The molecule has 1 aliphatic carbocycles. The van der Waals surface area contributed by atoms with Crippen molar-refractivity contribution in [3.8, 4) is 0 Å². The lowest BCUT2D eigenvalue weighted by Gasteiger charge is -2.34. The number of rotatable bonds is 4. The molecule has 0 atom stereocenters. The Hall–Kier alpha value is -2.13. The number of benzene rings is 1. The van der Waals surface area contributed by atoms with Crippen LogP contribution in [0.4, 0.5) is 14.6 Å². The van der Waals surface area contributed by atoms with Gasteiger partial charge in [-0.2, -0.15) is 9.40 Å². The Bertz CT molecular complexity index is 940. The molecule has 27 heavy (non-hydrogen) atoms. The highest BCUT2D eigenvalue weighted by Crippen LogP contribution is 2.24. The number of sulfonamides is 1. The molecule has 0 saturated carbocycles. The quantitative estimate of drug-likeness (QED) is 0.792. The third kappa shape index (κ3) is 3.93. The Balaban J connectivity index is 1.42. The zero-order valence-electron chi connectivity index (χ0n) is 14.7. The third-order valence-corrected chi connectivity index (χ3v) is 6.88.